The van der Waals surface area contributed by atoms with Crippen molar-refractivity contribution in [3.05, 3.63) is 98.8 Å². The van der Waals surface area contributed by atoms with Gasteiger partial charge in [0.15, 0.2) is 5.82 Å². The maximum atomic E-state index is 14.0. The van der Waals surface area contributed by atoms with Crippen LogP contribution in [0.25, 0.3) is 22.6 Å². The molecule has 0 aliphatic carbocycles. The Balaban J connectivity index is 1.67. The molecule has 30 heavy (non-hydrogen) atoms. The van der Waals surface area contributed by atoms with Crippen LogP contribution >= 0.6 is 11.6 Å². The van der Waals surface area contributed by atoms with E-state index >= 15 is 0 Å². The third-order valence-corrected chi connectivity index (χ3v) is 4.93. The highest BCUT2D eigenvalue weighted by atomic mass is 35.5. The van der Waals surface area contributed by atoms with Gasteiger partial charge in [-0.05, 0) is 54.8 Å². The van der Waals surface area contributed by atoms with Crippen molar-refractivity contribution >= 4 is 11.6 Å². The molecule has 4 rings (SSSR count). The lowest BCUT2D eigenvalue weighted by atomic mass is 10.0. The van der Waals surface area contributed by atoms with Crippen LogP contribution in [0.5, 0.6) is 0 Å². The summed E-state index contributed by atoms with van der Waals surface area (Å²) in [5, 5.41) is 4.96. The molecule has 0 saturated heterocycles. The van der Waals surface area contributed by atoms with Crippen LogP contribution in [0.15, 0.2) is 65.7 Å². The smallest absolute Gasteiger partial charge is 0.267 e. The highest BCUT2D eigenvalue weighted by molar-refractivity contribution is 6.30. The molecule has 0 fully saturated rings. The number of hydrogen-bond acceptors (Lipinski definition) is 4. The molecule has 0 radical (unpaired) electrons. The predicted octanol–water partition coefficient (Wildman–Crippen LogP) is 4.82. The summed E-state index contributed by atoms with van der Waals surface area (Å²) < 4.78 is 15.4. The first-order chi connectivity index (χ1) is 14.4. The quantitative estimate of drug-likeness (QED) is 0.474. The number of halogens is 2. The number of nitrogens with zero attached hydrogens (tertiary/aromatic N) is 4. The summed E-state index contributed by atoms with van der Waals surface area (Å²) >= 11 is 5.86. The molecule has 2 heterocycles. The van der Waals surface area contributed by atoms with Crippen LogP contribution in [-0.2, 0) is 6.54 Å². The molecule has 0 unspecified atom stereocenters. The molecule has 2 aromatic heterocycles. The molecule has 0 amide bonds. The van der Waals surface area contributed by atoms with Gasteiger partial charge in [-0.2, -0.15) is 5.10 Å². The minimum Gasteiger partial charge on any atom is -0.268 e. The summed E-state index contributed by atoms with van der Waals surface area (Å²) in [4.78, 5) is 20.9. The Kier molecular flexibility index (Phi) is 5.42. The molecule has 0 bridgehead atoms. The van der Waals surface area contributed by atoms with Gasteiger partial charge in [-0.25, -0.2) is 19.0 Å². The number of rotatable bonds is 4. The van der Waals surface area contributed by atoms with E-state index in [2.05, 4.69) is 15.1 Å². The van der Waals surface area contributed by atoms with Crippen molar-refractivity contribution in [2.75, 3.05) is 0 Å². The highest BCUT2D eigenvalue weighted by Crippen LogP contribution is 2.23. The van der Waals surface area contributed by atoms with E-state index in [0.717, 1.165) is 16.7 Å². The highest BCUT2D eigenvalue weighted by Gasteiger charge is 2.10. The number of aryl methyl sites for hydroxylation is 2. The van der Waals surface area contributed by atoms with Gasteiger partial charge in [0, 0.05) is 29.6 Å². The summed E-state index contributed by atoms with van der Waals surface area (Å²) in [5.41, 5.74) is 3.94. The number of aromatic nitrogens is 4. The van der Waals surface area contributed by atoms with Crippen LogP contribution in [0.3, 0.4) is 0 Å². The topological polar surface area (TPSA) is 60.7 Å². The second kappa shape index (κ2) is 8.16. The van der Waals surface area contributed by atoms with E-state index in [0.29, 0.717) is 27.7 Å². The van der Waals surface area contributed by atoms with Gasteiger partial charge in [0.25, 0.3) is 5.56 Å². The predicted molar refractivity (Wildman–Crippen MR) is 115 cm³/mol. The van der Waals surface area contributed by atoms with Gasteiger partial charge in [-0.3, -0.25) is 4.79 Å². The summed E-state index contributed by atoms with van der Waals surface area (Å²) in [6.07, 6.45) is 3.08. The molecule has 0 aliphatic heterocycles. The Morgan fingerprint density at radius 1 is 0.967 bits per heavy atom. The van der Waals surface area contributed by atoms with E-state index in [4.69, 9.17) is 11.6 Å². The lowest BCUT2D eigenvalue weighted by Gasteiger charge is -2.10. The molecule has 2 aromatic carbocycles. The summed E-state index contributed by atoms with van der Waals surface area (Å²) in [5.74, 6) is 0.320. The van der Waals surface area contributed by atoms with Crippen molar-refractivity contribution in [2.45, 2.75) is 20.4 Å². The standard InChI is InChI=1S/C23H18ClFN4O/c1-14-8-18(9-15(2)22(14)25)20-6-7-21(30)29(28-20)13-16-4-3-5-17(10-16)23-26-11-19(24)12-27-23/h3-12H,13H2,1-2H3. The van der Waals surface area contributed by atoms with Gasteiger partial charge in [0.05, 0.1) is 17.3 Å². The normalized spacial score (nSPS) is 10.9. The van der Waals surface area contributed by atoms with Crippen LogP contribution in [0.1, 0.15) is 16.7 Å². The molecule has 150 valence electrons. The SMILES string of the molecule is Cc1cc(-c2ccc(=O)n(Cc3cccc(-c4ncc(Cl)cn4)c3)n2)cc(C)c1F. The van der Waals surface area contributed by atoms with Crippen molar-refractivity contribution in [3.8, 4) is 22.6 Å². The minimum atomic E-state index is -0.228. The van der Waals surface area contributed by atoms with E-state index in [9.17, 15) is 9.18 Å². The summed E-state index contributed by atoms with van der Waals surface area (Å²) in [6.45, 7) is 3.71. The Morgan fingerprint density at radius 3 is 2.37 bits per heavy atom. The van der Waals surface area contributed by atoms with Crippen LogP contribution in [0.4, 0.5) is 4.39 Å². The summed E-state index contributed by atoms with van der Waals surface area (Å²) in [7, 11) is 0. The second-order valence-electron chi connectivity index (χ2n) is 7.06. The molecule has 0 N–H and O–H groups in total. The van der Waals surface area contributed by atoms with Gasteiger partial charge < -0.3 is 0 Å². The largest absolute Gasteiger partial charge is 0.268 e. The zero-order valence-corrected chi connectivity index (χ0v) is 17.2. The molecular formula is C23H18ClFN4O. The molecule has 0 spiro atoms. The molecule has 7 heteroatoms. The number of hydrogen-bond donors (Lipinski definition) is 0. The van der Waals surface area contributed by atoms with E-state index in [1.807, 2.05) is 24.3 Å². The van der Waals surface area contributed by atoms with Crippen molar-refractivity contribution in [2.24, 2.45) is 0 Å². The first-order valence-electron chi connectivity index (χ1n) is 9.33. The maximum absolute atomic E-state index is 14.0. The molecule has 5 nitrogen and oxygen atoms in total. The van der Waals surface area contributed by atoms with Crippen molar-refractivity contribution < 1.29 is 4.39 Å². The maximum Gasteiger partial charge on any atom is 0.267 e. The molecule has 4 aromatic rings. The van der Waals surface area contributed by atoms with Crippen LogP contribution in [0.2, 0.25) is 5.02 Å². The molecule has 0 atom stereocenters. The van der Waals surface area contributed by atoms with Crippen LogP contribution in [0, 0.1) is 19.7 Å². The zero-order valence-electron chi connectivity index (χ0n) is 16.4. The third kappa shape index (κ3) is 4.14. The zero-order chi connectivity index (χ0) is 21.3. The lowest BCUT2D eigenvalue weighted by Crippen LogP contribution is -2.22. The Hall–Kier alpha value is -3.38. The van der Waals surface area contributed by atoms with Crippen molar-refractivity contribution in [1.82, 2.24) is 19.7 Å². The second-order valence-corrected chi connectivity index (χ2v) is 7.50. The van der Waals surface area contributed by atoms with Gasteiger partial charge in [-0.1, -0.05) is 29.8 Å². The third-order valence-electron chi connectivity index (χ3n) is 4.74. The van der Waals surface area contributed by atoms with Gasteiger partial charge in [0.1, 0.15) is 5.82 Å². The van der Waals surface area contributed by atoms with Crippen molar-refractivity contribution in [3.63, 3.8) is 0 Å². The first-order valence-corrected chi connectivity index (χ1v) is 9.70. The fraction of sp³-hybridized carbons (Fsp3) is 0.130. The van der Waals surface area contributed by atoms with Crippen molar-refractivity contribution in [1.29, 1.82) is 0 Å². The average Bonchev–Trinajstić information content (AvgIpc) is 2.74. The van der Waals surface area contributed by atoms with Gasteiger partial charge in [-0.15, -0.1) is 0 Å². The first kappa shape index (κ1) is 19.9. The lowest BCUT2D eigenvalue weighted by molar-refractivity contribution is 0.609. The Bertz CT molecular complexity index is 1260. The molecular weight excluding hydrogens is 403 g/mol. The van der Waals surface area contributed by atoms with Gasteiger partial charge in [0.2, 0.25) is 0 Å². The van der Waals surface area contributed by atoms with E-state index in [1.54, 1.807) is 44.4 Å². The Labute approximate surface area is 177 Å². The Morgan fingerprint density at radius 2 is 1.67 bits per heavy atom. The molecule has 0 saturated carbocycles. The van der Waals surface area contributed by atoms with Crippen LogP contribution < -0.4 is 5.56 Å². The van der Waals surface area contributed by atoms with Gasteiger partial charge >= 0.3 is 0 Å². The van der Waals surface area contributed by atoms with E-state index in [-0.39, 0.29) is 17.9 Å². The fourth-order valence-corrected chi connectivity index (χ4v) is 3.35. The average molecular weight is 421 g/mol. The number of benzene rings is 2. The molecule has 0 aliphatic rings. The minimum absolute atomic E-state index is 0.220. The fourth-order valence-electron chi connectivity index (χ4n) is 3.25. The van der Waals surface area contributed by atoms with E-state index in [1.165, 1.54) is 10.7 Å². The van der Waals surface area contributed by atoms with Crippen LogP contribution in [-0.4, -0.2) is 19.7 Å². The monoisotopic (exact) mass is 420 g/mol. The van der Waals surface area contributed by atoms with E-state index < -0.39 is 0 Å². The summed E-state index contributed by atoms with van der Waals surface area (Å²) in [6, 6.07) is 14.2.